The maximum Gasteiger partial charge on any atom is 1.00 e. The maximum atomic E-state index is 12.7. The minimum atomic E-state index is -3.04. The number of carbonyl (C=O) groups is 3. The van der Waals surface area contributed by atoms with Gasteiger partial charge in [-0.1, -0.05) is 30.2 Å². The van der Waals surface area contributed by atoms with Gasteiger partial charge in [-0.3, -0.25) is 9.59 Å². The Morgan fingerprint density at radius 3 is 2.62 bits per heavy atom. The van der Waals surface area contributed by atoms with Crippen LogP contribution in [0.4, 0.5) is 0 Å². The van der Waals surface area contributed by atoms with Crippen molar-refractivity contribution in [2.45, 2.75) is 42.4 Å². The molecular weight excluding hydrogens is 355 g/mol. The SMILES string of the molecule is [2H]c1c([2H])c([2H])c(C([2H])([2H])C(=O)N[C@@H]2C(=O)N3[C@@H]2SC(C)(C)[C@@H]3C(=O)[O-])c([2H])c1[2H].[K+]. The van der Waals surface area contributed by atoms with E-state index in [1.54, 1.807) is 13.8 Å². The predicted octanol–water partition coefficient (Wildman–Crippen LogP) is -3.47. The Hall–Kier alpha value is -0.384. The van der Waals surface area contributed by atoms with E-state index in [-0.39, 0.29) is 51.4 Å². The number of hydrogen-bond donors (Lipinski definition) is 1. The van der Waals surface area contributed by atoms with Gasteiger partial charge in [0.15, 0.2) is 0 Å². The monoisotopic (exact) mass is 379 g/mol. The number of amides is 2. The van der Waals surface area contributed by atoms with Gasteiger partial charge in [0.2, 0.25) is 11.8 Å². The molecule has 3 rings (SSSR count). The van der Waals surface area contributed by atoms with E-state index in [1.807, 2.05) is 0 Å². The van der Waals surface area contributed by atoms with Crippen LogP contribution in [0.2, 0.25) is 0 Å². The third kappa shape index (κ3) is 3.59. The first kappa shape index (κ1) is 12.1. The molecule has 122 valence electrons. The van der Waals surface area contributed by atoms with Crippen molar-refractivity contribution in [2.24, 2.45) is 0 Å². The maximum absolute atomic E-state index is 12.7. The van der Waals surface area contributed by atoms with Gasteiger partial charge in [-0.25, -0.2) is 0 Å². The van der Waals surface area contributed by atoms with Gasteiger partial charge in [-0.15, -0.1) is 11.8 Å². The van der Waals surface area contributed by atoms with Crippen LogP contribution in [-0.2, 0) is 20.8 Å². The Balaban J connectivity index is 0.00000341. The number of nitrogens with one attached hydrogen (secondary N) is 1. The van der Waals surface area contributed by atoms with Gasteiger partial charge in [0.05, 0.1) is 25.2 Å². The molecule has 1 aromatic carbocycles. The topological polar surface area (TPSA) is 89.5 Å². The fourth-order valence-electron chi connectivity index (χ4n) is 2.73. The van der Waals surface area contributed by atoms with Gasteiger partial charge in [0.1, 0.15) is 11.4 Å². The van der Waals surface area contributed by atoms with Crippen LogP contribution in [0.15, 0.2) is 30.2 Å². The molecule has 3 atom stereocenters. The summed E-state index contributed by atoms with van der Waals surface area (Å²) in [6, 6.07) is -6.48. The van der Waals surface area contributed by atoms with Crippen LogP contribution in [-0.4, -0.2) is 44.9 Å². The molecule has 0 saturated carbocycles. The van der Waals surface area contributed by atoms with Gasteiger partial charge in [0, 0.05) is 7.49 Å². The molecule has 6 nitrogen and oxygen atoms in total. The Morgan fingerprint density at radius 2 is 2.04 bits per heavy atom. The molecule has 2 aliphatic rings. The Morgan fingerprint density at radius 1 is 1.42 bits per heavy atom. The van der Waals surface area contributed by atoms with Gasteiger partial charge in [0.25, 0.3) is 0 Å². The molecular formula is C16H17KN2O4S. The van der Waals surface area contributed by atoms with Crippen LogP contribution in [0, 0.1) is 0 Å². The number of carbonyl (C=O) groups excluding carboxylic acids is 3. The molecule has 0 radical (unpaired) electrons. The first-order valence-electron chi connectivity index (χ1n) is 10.2. The number of hydrogen-bond acceptors (Lipinski definition) is 5. The molecule has 8 heteroatoms. The molecule has 2 aliphatic heterocycles. The van der Waals surface area contributed by atoms with Crippen LogP contribution in [0.1, 0.15) is 29.0 Å². The summed E-state index contributed by atoms with van der Waals surface area (Å²) >= 11 is 1.12. The van der Waals surface area contributed by atoms with Crippen molar-refractivity contribution in [1.29, 1.82) is 0 Å². The van der Waals surface area contributed by atoms with Crippen LogP contribution < -0.4 is 61.8 Å². The summed E-state index contributed by atoms with van der Waals surface area (Å²) in [5.41, 5.74) is -0.846. The summed E-state index contributed by atoms with van der Waals surface area (Å²) < 4.78 is 53.9. The van der Waals surface area contributed by atoms with Gasteiger partial charge in [-0.05, 0) is 19.4 Å². The van der Waals surface area contributed by atoms with E-state index in [9.17, 15) is 19.5 Å². The average Bonchev–Trinajstić information content (AvgIpc) is 2.90. The van der Waals surface area contributed by atoms with Crippen molar-refractivity contribution in [3.63, 3.8) is 0 Å². The molecule has 2 saturated heterocycles. The number of nitrogens with zero attached hydrogens (tertiary/aromatic N) is 1. The summed E-state index contributed by atoms with van der Waals surface area (Å²) in [6.45, 7) is 3.21. The number of rotatable bonds is 4. The first-order chi connectivity index (χ1) is 13.6. The van der Waals surface area contributed by atoms with Crippen LogP contribution in [0.3, 0.4) is 0 Å². The molecule has 0 aromatic heterocycles. The number of benzene rings is 1. The summed E-state index contributed by atoms with van der Waals surface area (Å²) in [7, 11) is 0. The van der Waals surface area contributed by atoms with Gasteiger partial charge >= 0.3 is 51.4 Å². The van der Waals surface area contributed by atoms with Crippen LogP contribution in [0.5, 0.6) is 0 Å². The summed E-state index contributed by atoms with van der Waals surface area (Å²) in [6.07, 6.45) is -3.04. The summed E-state index contributed by atoms with van der Waals surface area (Å²) in [4.78, 5) is 37.6. The van der Waals surface area contributed by atoms with E-state index in [4.69, 9.17) is 9.60 Å². The number of thioether (sulfide) groups is 1. The van der Waals surface area contributed by atoms with Crippen LogP contribution >= 0.6 is 11.8 Å². The van der Waals surface area contributed by atoms with Gasteiger partial charge in [-0.2, -0.15) is 0 Å². The van der Waals surface area contributed by atoms with Crippen molar-refractivity contribution in [1.82, 2.24) is 10.2 Å². The van der Waals surface area contributed by atoms with E-state index in [0.717, 1.165) is 16.7 Å². The van der Waals surface area contributed by atoms with E-state index < -0.39 is 82.1 Å². The van der Waals surface area contributed by atoms with Crippen molar-refractivity contribution in [2.75, 3.05) is 0 Å². The van der Waals surface area contributed by atoms with Crippen molar-refractivity contribution < 1.29 is 80.5 Å². The van der Waals surface area contributed by atoms with Crippen LogP contribution in [0.25, 0.3) is 0 Å². The predicted molar refractivity (Wildman–Crippen MR) is 83.2 cm³/mol. The third-order valence-corrected chi connectivity index (χ3v) is 5.26. The molecule has 24 heavy (non-hydrogen) atoms. The molecule has 0 aliphatic carbocycles. The number of fused-ring (bicyclic) bond motifs is 1. The summed E-state index contributed by atoms with van der Waals surface area (Å²) in [5, 5.41) is 12.9. The minimum absolute atomic E-state index is 0. The van der Waals surface area contributed by atoms with E-state index in [1.165, 1.54) is 0 Å². The third-order valence-electron chi connectivity index (χ3n) is 3.69. The Kier molecular flexibility index (Phi) is 3.76. The zero-order chi connectivity index (χ0) is 22.9. The Bertz CT molecular complexity index is 964. The van der Waals surface area contributed by atoms with Crippen molar-refractivity contribution in [3.05, 3.63) is 35.8 Å². The second-order valence-electron chi connectivity index (χ2n) is 5.66. The zero-order valence-corrected chi connectivity index (χ0v) is 17.2. The smallest absolute Gasteiger partial charge is 0.548 e. The van der Waals surface area contributed by atoms with Crippen molar-refractivity contribution >= 4 is 29.5 Å². The molecule has 2 heterocycles. The molecule has 0 spiro atoms. The molecule has 1 aromatic rings. The summed E-state index contributed by atoms with van der Waals surface area (Å²) in [5.74, 6) is -3.53. The molecule has 2 fully saturated rings. The van der Waals surface area contributed by atoms with E-state index >= 15 is 0 Å². The molecule has 1 N–H and O–H groups in total. The van der Waals surface area contributed by atoms with E-state index in [0.29, 0.717) is 0 Å². The quantitative estimate of drug-likeness (QED) is 0.434. The fourth-order valence-corrected chi connectivity index (χ4v) is 4.35. The number of aliphatic carboxylic acids is 1. The molecule has 0 bridgehead atoms. The second kappa shape index (κ2) is 7.47. The first-order valence-corrected chi connectivity index (χ1v) is 7.61. The zero-order valence-electron chi connectivity index (χ0n) is 20.2. The number of carboxylic acid groups (broad SMARTS) is 1. The largest absolute Gasteiger partial charge is 1.00 e. The number of β-lactam (4-membered cyclic amide) rings is 1. The standard InChI is InChI=1S/C16H18N2O4S.K/c1-16(2)12(15(21)22)18-13(20)11(14(18)23-16)17-10(19)8-9-6-4-3-5-7-9;/h3-7,11-12,14H,8H2,1-2H3,(H,17,19)(H,21,22);/q;+1/p-1/t11-,12+,14-;/m1./s1/i3D,4D,5D,6D,7D,8D2;. The van der Waals surface area contributed by atoms with E-state index in [2.05, 4.69) is 5.32 Å². The fraction of sp³-hybridized carbons (Fsp3) is 0.438. The van der Waals surface area contributed by atoms with Crippen molar-refractivity contribution in [3.8, 4) is 0 Å². The normalized spacial score (nSPS) is 31.6. The minimum Gasteiger partial charge on any atom is -0.548 e. The molecule has 0 unspecified atom stereocenters. The molecule has 2 amide bonds. The average molecular weight is 380 g/mol. The Labute approximate surface area is 197 Å². The second-order valence-corrected chi connectivity index (χ2v) is 7.43. The number of carboxylic acids is 1. The van der Waals surface area contributed by atoms with Gasteiger partial charge < -0.3 is 20.1 Å².